The number of benzene rings is 2. The van der Waals surface area contributed by atoms with Gasteiger partial charge in [-0.1, -0.05) is 30.0 Å². The van der Waals surface area contributed by atoms with E-state index in [-0.39, 0.29) is 5.50 Å². The van der Waals surface area contributed by atoms with Crippen molar-refractivity contribution in [3.8, 4) is 0 Å². The molecule has 0 aromatic heterocycles. The molecule has 1 atom stereocenters. The monoisotopic (exact) mass is 256 g/mol. The van der Waals surface area contributed by atoms with E-state index in [1.165, 1.54) is 0 Å². The Morgan fingerprint density at radius 1 is 1.00 bits per heavy atom. The van der Waals surface area contributed by atoms with Gasteiger partial charge in [-0.3, -0.25) is 0 Å². The highest BCUT2D eigenvalue weighted by Gasteiger charge is 2.17. The van der Waals surface area contributed by atoms with E-state index in [4.69, 9.17) is 5.73 Å². The summed E-state index contributed by atoms with van der Waals surface area (Å²) in [5.74, 6) is 0. The zero-order valence-corrected chi connectivity index (χ0v) is 10.4. The maximum Gasteiger partial charge on any atom is 0.127 e. The van der Waals surface area contributed by atoms with Crippen LogP contribution in [0.25, 0.3) is 0 Å². The predicted molar refractivity (Wildman–Crippen MR) is 74.5 cm³/mol. The summed E-state index contributed by atoms with van der Waals surface area (Å²) in [6.45, 7) is 0. The summed E-state index contributed by atoms with van der Waals surface area (Å²) < 4.78 is 0. The highest BCUT2D eigenvalue weighted by molar-refractivity contribution is 8.00. The van der Waals surface area contributed by atoms with Crippen LogP contribution >= 0.6 is 11.8 Å². The van der Waals surface area contributed by atoms with Crippen LogP contribution < -0.4 is 11.1 Å². The van der Waals surface area contributed by atoms with Gasteiger partial charge in [0.15, 0.2) is 0 Å². The third-order valence-electron chi connectivity index (χ3n) is 2.55. The Hall–Kier alpha value is -1.85. The number of nitrogens with one attached hydrogen (secondary N) is 1. The number of azo groups is 1. The van der Waals surface area contributed by atoms with Crippen molar-refractivity contribution >= 4 is 28.8 Å². The van der Waals surface area contributed by atoms with Gasteiger partial charge in [0.1, 0.15) is 5.50 Å². The van der Waals surface area contributed by atoms with Crippen molar-refractivity contribution < 1.29 is 0 Å². The molecule has 0 amide bonds. The lowest BCUT2D eigenvalue weighted by Crippen LogP contribution is -2.20. The number of rotatable bonds is 2. The number of hydrogen-bond donors (Lipinski definition) is 2. The number of anilines is 1. The lowest BCUT2D eigenvalue weighted by Gasteiger charge is -2.00. The fourth-order valence-electron chi connectivity index (χ4n) is 1.72. The van der Waals surface area contributed by atoms with Gasteiger partial charge in [0.2, 0.25) is 0 Å². The second-order valence-electron chi connectivity index (χ2n) is 3.90. The van der Waals surface area contributed by atoms with E-state index in [0.29, 0.717) is 0 Å². The molecule has 1 heterocycles. The molecule has 0 saturated heterocycles. The number of nitrogens with zero attached hydrogens (tertiary/aromatic N) is 2. The maximum atomic E-state index is 5.80. The minimum absolute atomic E-state index is 0.0682. The van der Waals surface area contributed by atoms with E-state index >= 15 is 0 Å². The molecule has 3 N–H and O–H groups in total. The molecule has 18 heavy (non-hydrogen) atoms. The fourth-order valence-corrected chi connectivity index (χ4v) is 2.62. The molecule has 2 aromatic rings. The van der Waals surface area contributed by atoms with Crippen LogP contribution in [0.4, 0.5) is 17.1 Å². The average Bonchev–Trinajstić information content (AvgIpc) is 2.77. The average molecular weight is 256 g/mol. The van der Waals surface area contributed by atoms with Crippen LogP contribution in [0.2, 0.25) is 0 Å². The van der Waals surface area contributed by atoms with Gasteiger partial charge in [-0.05, 0) is 30.3 Å². The summed E-state index contributed by atoms with van der Waals surface area (Å²) in [7, 11) is 0. The molecule has 0 spiro atoms. The van der Waals surface area contributed by atoms with Crippen LogP contribution in [0.3, 0.4) is 0 Å². The fraction of sp³-hybridized carbons (Fsp3) is 0.0769. The third-order valence-corrected chi connectivity index (χ3v) is 3.52. The molecule has 4 nitrogen and oxygen atoms in total. The molecule has 0 saturated carbocycles. The zero-order valence-electron chi connectivity index (χ0n) is 9.58. The van der Waals surface area contributed by atoms with E-state index in [2.05, 4.69) is 15.5 Å². The van der Waals surface area contributed by atoms with Gasteiger partial charge in [-0.2, -0.15) is 10.2 Å². The first-order valence-corrected chi connectivity index (χ1v) is 6.49. The van der Waals surface area contributed by atoms with Gasteiger partial charge in [0.25, 0.3) is 0 Å². The van der Waals surface area contributed by atoms with Gasteiger partial charge in [0.05, 0.1) is 11.4 Å². The molecule has 2 aromatic carbocycles. The second kappa shape index (κ2) is 4.80. The van der Waals surface area contributed by atoms with Gasteiger partial charge < -0.3 is 11.1 Å². The number of hydrogen-bond acceptors (Lipinski definition) is 5. The van der Waals surface area contributed by atoms with Crippen LogP contribution in [-0.4, -0.2) is 5.50 Å². The molecule has 0 radical (unpaired) electrons. The second-order valence-corrected chi connectivity index (χ2v) is 5.08. The Kier molecular flexibility index (Phi) is 3.00. The number of fused-ring (bicyclic) bond motifs is 1. The molecule has 5 heteroatoms. The Bertz CT molecular complexity index is 583. The van der Waals surface area contributed by atoms with Gasteiger partial charge in [-0.25, -0.2) is 0 Å². The molecule has 0 bridgehead atoms. The van der Waals surface area contributed by atoms with Crippen molar-refractivity contribution in [3.05, 3.63) is 48.5 Å². The van der Waals surface area contributed by atoms with Crippen molar-refractivity contribution in [1.82, 2.24) is 0 Å². The smallest absolute Gasteiger partial charge is 0.127 e. The van der Waals surface area contributed by atoms with Crippen LogP contribution in [0.15, 0.2) is 63.7 Å². The van der Waals surface area contributed by atoms with E-state index in [0.717, 1.165) is 22.0 Å². The lowest BCUT2D eigenvalue weighted by molar-refractivity contribution is 1.08. The lowest BCUT2D eigenvalue weighted by atomic mass is 10.3. The van der Waals surface area contributed by atoms with Crippen molar-refractivity contribution in [3.63, 3.8) is 0 Å². The molecular formula is C13H12N4S. The molecule has 0 aliphatic carbocycles. The Morgan fingerprint density at radius 3 is 2.61 bits per heavy atom. The predicted octanol–water partition coefficient (Wildman–Crippen LogP) is 3.86. The first kappa shape index (κ1) is 11.3. The summed E-state index contributed by atoms with van der Waals surface area (Å²) in [5, 5.41) is 11.6. The van der Waals surface area contributed by atoms with E-state index in [1.807, 2.05) is 48.5 Å². The normalized spacial score (nSPS) is 17.7. The molecule has 0 fully saturated rings. The van der Waals surface area contributed by atoms with Crippen LogP contribution in [-0.2, 0) is 0 Å². The minimum Gasteiger partial charge on any atom is -0.360 e. The summed E-state index contributed by atoms with van der Waals surface area (Å²) in [6.07, 6.45) is 0. The summed E-state index contributed by atoms with van der Waals surface area (Å²) in [5.41, 5.74) is 8.47. The molecule has 1 aliphatic rings. The standard InChI is InChI=1S/C13H12N4S/c14-13-15-11-7-6-10(8-12(11)18-13)17-16-9-4-2-1-3-5-9/h1-8,13,15H,14H2. The Morgan fingerprint density at radius 2 is 1.78 bits per heavy atom. The SMILES string of the molecule is NC1Nc2ccc(N=Nc3ccccc3)cc2S1. The Balaban J connectivity index is 1.82. The first-order valence-electron chi connectivity index (χ1n) is 5.61. The number of nitrogens with two attached hydrogens (primary N) is 1. The highest BCUT2D eigenvalue weighted by Crippen LogP contribution is 2.38. The maximum absolute atomic E-state index is 5.80. The Labute approximate surface area is 109 Å². The quantitative estimate of drug-likeness (QED) is 0.802. The van der Waals surface area contributed by atoms with E-state index in [9.17, 15) is 0 Å². The summed E-state index contributed by atoms with van der Waals surface area (Å²) in [6, 6.07) is 15.6. The van der Waals surface area contributed by atoms with E-state index in [1.54, 1.807) is 11.8 Å². The van der Waals surface area contributed by atoms with E-state index < -0.39 is 0 Å². The molecule has 1 aliphatic heterocycles. The largest absolute Gasteiger partial charge is 0.360 e. The van der Waals surface area contributed by atoms with Gasteiger partial charge in [0, 0.05) is 10.6 Å². The van der Waals surface area contributed by atoms with Crippen molar-refractivity contribution in [2.24, 2.45) is 16.0 Å². The highest BCUT2D eigenvalue weighted by atomic mass is 32.2. The number of thioether (sulfide) groups is 1. The summed E-state index contributed by atoms with van der Waals surface area (Å²) >= 11 is 1.59. The zero-order chi connectivity index (χ0) is 12.4. The van der Waals surface area contributed by atoms with Crippen LogP contribution in [0.1, 0.15) is 0 Å². The minimum atomic E-state index is -0.0682. The molecule has 90 valence electrons. The van der Waals surface area contributed by atoms with Gasteiger partial charge in [-0.15, -0.1) is 0 Å². The molecule has 1 unspecified atom stereocenters. The van der Waals surface area contributed by atoms with Crippen molar-refractivity contribution in [2.75, 3.05) is 5.32 Å². The molecular weight excluding hydrogens is 244 g/mol. The first-order chi connectivity index (χ1) is 8.81. The third kappa shape index (κ3) is 2.37. The van der Waals surface area contributed by atoms with Gasteiger partial charge >= 0.3 is 0 Å². The molecule has 3 rings (SSSR count). The van der Waals surface area contributed by atoms with Crippen molar-refractivity contribution in [1.29, 1.82) is 0 Å². The van der Waals surface area contributed by atoms with Crippen molar-refractivity contribution in [2.45, 2.75) is 10.4 Å². The van der Waals surface area contributed by atoms with Crippen LogP contribution in [0, 0.1) is 0 Å². The topological polar surface area (TPSA) is 62.8 Å². The van der Waals surface area contributed by atoms with Crippen LogP contribution in [0.5, 0.6) is 0 Å². The summed E-state index contributed by atoms with van der Waals surface area (Å²) in [4.78, 5) is 1.12.